The van der Waals surface area contributed by atoms with Crippen molar-refractivity contribution in [3.63, 3.8) is 0 Å². The predicted octanol–water partition coefficient (Wildman–Crippen LogP) is 7.25. The molecule has 4 rings (SSSR count). The number of aryl methyl sites for hydroxylation is 1. The summed E-state index contributed by atoms with van der Waals surface area (Å²) in [5.74, 6) is 1.05. The quantitative estimate of drug-likeness (QED) is 0.184. The molecule has 0 aliphatic carbocycles. The molecule has 0 N–H and O–H groups in total. The highest BCUT2D eigenvalue weighted by molar-refractivity contribution is 9.13. The summed E-state index contributed by atoms with van der Waals surface area (Å²) in [4.78, 5) is 17.9. The fraction of sp³-hybridized carbons (Fsp3) is 0.192. The summed E-state index contributed by atoms with van der Waals surface area (Å²) in [5.41, 5.74) is 1.43. The summed E-state index contributed by atoms with van der Waals surface area (Å²) < 4.78 is 28.8. The standard InChI is InChI=1S/C26H21Br3FN3O3/c1-3-6-22-32-20-10-9-17(27)12-18(20)26(34)33(22)31-13-16-11-21(35-2)25(24(29)23(16)28)36-14-15-7-4-5-8-19(15)30/h4-5,7-13H,3,6,14H2,1-2H3. The number of methoxy groups -OCH3 is 1. The van der Waals surface area contributed by atoms with Crippen LogP contribution in [0.3, 0.4) is 0 Å². The van der Waals surface area contributed by atoms with Crippen LogP contribution in [0.25, 0.3) is 10.9 Å². The first-order valence-corrected chi connectivity index (χ1v) is 13.4. The molecule has 0 spiro atoms. The van der Waals surface area contributed by atoms with E-state index in [1.165, 1.54) is 17.9 Å². The number of nitrogens with zero attached hydrogens (tertiary/aromatic N) is 3. The Morgan fingerprint density at radius 1 is 1.11 bits per heavy atom. The van der Waals surface area contributed by atoms with Crippen molar-refractivity contribution in [1.82, 2.24) is 9.66 Å². The van der Waals surface area contributed by atoms with Gasteiger partial charge in [-0.15, -0.1) is 0 Å². The van der Waals surface area contributed by atoms with Crippen molar-refractivity contribution in [2.45, 2.75) is 26.4 Å². The van der Waals surface area contributed by atoms with Crippen LogP contribution < -0.4 is 15.0 Å². The van der Waals surface area contributed by atoms with Gasteiger partial charge in [0, 0.05) is 26.5 Å². The zero-order chi connectivity index (χ0) is 25.8. The number of hydrogen-bond acceptors (Lipinski definition) is 5. The molecule has 3 aromatic carbocycles. The van der Waals surface area contributed by atoms with Crippen molar-refractivity contribution in [3.05, 3.63) is 95.1 Å². The predicted molar refractivity (Wildman–Crippen MR) is 150 cm³/mol. The number of ether oxygens (including phenoxy) is 2. The van der Waals surface area contributed by atoms with Gasteiger partial charge in [0.25, 0.3) is 5.56 Å². The zero-order valence-corrected chi connectivity index (χ0v) is 24.2. The normalized spacial score (nSPS) is 11.4. The fourth-order valence-electron chi connectivity index (χ4n) is 3.57. The van der Waals surface area contributed by atoms with Gasteiger partial charge in [-0.1, -0.05) is 41.1 Å². The number of aromatic nitrogens is 2. The van der Waals surface area contributed by atoms with Gasteiger partial charge in [-0.05, 0) is 68.6 Å². The number of fused-ring (bicyclic) bond motifs is 1. The van der Waals surface area contributed by atoms with Crippen LogP contribution in [-0.2, 0) is 13.0 Å². The average molecular weight is 682 g/mol. The summed E-state index contributed by atoms with van der Waals surface area (Å²) >= 11 is 10.5. The van der Waals surface area contributed by atoms with Crippen LogP contribution >= 0.6 is 47.8 Å². The minimum Gasteiger partial charge on any atom is -0.493 e. The van der Waals surface area contributed by atoms with E-state index in [-0.39, 0.29) is 18.0 Å². The maximum absolute atomic E-state index is 14.0. The second-order valence-electron chi connectivity index (χ2n) is 7.81. The van der Waals surface area contributed by atoms with E-state index in [4.69, 9.17) is 9.47 Å². The average Bonchev–Trinajstić information content (AvgIpc) is 2.87. The highest BCUT2D eigenvalue weighted by atomic mass is 79.9. The molecule has 0 amide bonds. The van der Waals surface area contributed by atoms with E-state index < -0.39 is 0 Å². The van der Waals surface area contributed by atoms with Gasteiger partial charge >= 0.3 is 0 Å². The second-order valence-corrected chi connectivity index (χ2v) is 10.3. The molecule has 0 radical (unpaired) electrons. The van der Waals surface area contributed by atoms with E-state index in [0.717, 1.165) is 10.9 Å². The van der Waals surface area contributed by atoms with Crippen molar-refractivity contribution >= 4 is 64.9 Å². The summed E-state index contributed by atoms with van der Waals surface area (Å²) in [5, 5.41) is 4.96. The third-order valence-corrected chi connectivity index (χ3v) is 8.00. The summed E-state index contributed by atoms with van der Waals surface area (Å²) in [7, 11) is 1.52. The van der Waals surface area contributed by atoms with Crippen molar-refractivity contribution in [2.24, 2.45) is 5.10 Å². The van der Waals surface area contributed by atoms with Crippen LogP contribution in [0.5, 0.6) is 11.5 Å². The van der Waals surface area contributed by atoms with E-state index in [2.05, 4.69) is 57.9 Å². The van der Waals surface area contributed by atoms with Gasteiger partial charge < -0.3 is 9.47 Å². The highest BCUT2D eigenvalue weighted by Crippen LogP contribution is 2.42. The monoisotopic (exact) mass is 679 g/mol. The molecular weight excluding hydrogens is 661 g/mol. The number of halogens is 4. The Hall–Kier alpha value is -2.56. The largest absolute Gasteiger partial charge is 0.493 e. The lowest BCUT2D eigenvalue weighted by Crippen LogP contribution is -2.22. The molecule has 4 aromatic rings. The topological polar surface area (TPSA) is 65.7 Å². The minimum absolute atomic E-state index is 0.0234. The maximum atomic E-state index is 14.0. The molecule has 0 saturated carbocycles. The Labute approximate surface area is 232 Å². The van der Waals surface area contributed by atoms with Gasteiger partial charge in [0.15, 0.2) is 11.5 Å². The molecule has 0 aliphatic rings. The van der Waals surface area contributed by atoms with Crippen molar-refractivity contribution in [2.75, 3.05) is 7.11 Å². The van der Waals surface area contributed by atoms with E-state index >= 15 is 0 Å². The number of benzene rings is 3. The van der Waals surface area contributed by atoms with Crippen molar-refractivity contribution in [3.8, 4) is 11.5 Å². The first kappa shape index (κ1) is 26.5. The summed E-state index contributed by atoms with van der Waals surface area (Å²) in [6.45, 7) is 2.04. The molecule has 0 saturated heterocycles. The molecule has 186 valence electrons. The third kappa shape index (κ3) is 5.55. The molecule has 36 heavy (non-hydrogen) atoms. The van der Waals surface area contributed by atoms with Gasteiger partial charge in [0.1, 0.15) is 18.2 Å². The van der Waals surface area contributed by atoms with Crippen LogP contribution in [0.1, 0.15) is 30.3 Å². The molecule has 0 aliphatic heterocycles. The van der Waals surface area contributed by atoms with Crippen LogP contribution in [0.4, 0.5) is 4.39 Å². The Kier molecular flexibility index (Phi) is 8.58. The van der Waals surface area contributed by atoms with Crippen LogP contribution in [0.15, 0.2) is 71.8 Å². The molecule has 10 heteroatoms. The Morgan fingerprint density at radius 3 is 2.61 bits per heavy atom. The van der Waals surface area contributed by atoms with Crippen LogP contribution in [0.2, 0.25) is 0 Å². The number of rotatable bonds is 8. The van der Waals surface area contributed by atoms with Crippen molar-refractivity contribution < 1.29 is 13.9 Å². The molecule has 1 aromatic heterocycles. The van der Waals surface area contributed by atoms with Crippen LogP contribution in [0, 0.1) is 5.82 Å². The lowest BCUT2D eigenvalue weighted by molar-refractivity contribution is 0.277. The van der Waals surface area contributed by atoms with E-state index in [1.54, 1.807) is 36.5 Å². The van der Waals surface area contributed by atoms with E-state index in [9.17, 15) is 9.18 Å². The molecular formula is C26H21Br3FN3O3. The first-order chi connectivity index (χ1) is 17.3. The summed E-state index contributed by atoms with van der Waals surface area (Å²) in [6.07, 6.45) is 2.96. The Balaban J connectivity index is 1.73. The van der Waals surface area contributed by atoms with E-state index in [1.807, 2.05) is 19.1 Å². The molecule has 0 fully saturated rings. The smallest absolute Gasteiger partial charge is 0.282 e. The Bertz CT molecular complexity index is 1520. The first-order valence-electron chi connectivity index (χ1n) is 11.0. The minimum atomic E-state index is -0.347. The molecule has 0 unspecified atom stereocenters. The number of hydrogen-bond donors (Lipinski definition) is 0. The van der Waals surface area contributed by atoms with Gasteiger partial charge in [0.2, 0.25) is 0 Å². The van der Waals surface area contributed by atoms with Gasteiger partial charge in [-0.25, -0.2) is 9.37 Å². The third-order valence-electron chi connectivity index (χ3n) is 5.37. The lowest BCUT2D eigenvalue weighted by Gasteiger charge is -2.16. The van der Waals surface area contributed by atoms with Gasteiger partial charge in [-0.2, -0.15) is 9.78 Å². The maximum Gasteiger partial charge on any atom is 0.282 e. The second kappa shape index (κ2) is 11.7. The Morgan fingerprint density at radius 2 is 1.89 bits per heavy atom. The summed E-state index contributed by atoms with van der Waals surface area (Å²) in [6, 6.07) is 13.6. The highest BCUT2D eigenvalue weighted by Gasteiger charge is 2.18. The molecule has 1 heterocycles. The molecule has 0 atom stereocenters. The fourth-order valence-corrected chi connectivity index (χ4v) is 4.87. The zero-order valence-electron chi connectivity index (χ0n) is 19.4. The lowest BCUT2D eigenvalue weighted by atomic mass is 10.2. The van der Waals surface area contributed by atoms with E-state index in [0.29, 0.717) is 54.7 Å². The SMILES string of the molecule is CCCc1nc2ccc(Br)cc2c(=O)n1N=Cc1cc(OC)c(OCc2ccccc2F)c(Br)c1Br. The van der Waals surface area contributed by atoms with Crippen LogP contribution in [-0.4, -0.2) is 23.0 Å². The van der Waals surface area contributed by atoms with Crippen molar-refractivity contribution in [1.29, 1.82) is 0 Å². The molecule has 0 bridgehead atoms. The van der Waals surface area contributed by atoms with Gasteiger partial charge in [-0.3, -0.25) is 4.79 Å². The van der Waals surface area contributed by atoms with Gasteiger partial charge in [0.05, 0.1) is 28.7 Å². The molecule has 6 nitrogen and oxygen atoms in total.